The Labute approximate surface area is 155 Å². The summed E-state index contributed by atoms with van der Waals surface area (Å²) in [6.07, 6.45) is 1.77. The summed E-state index contributed by atoms with van der Waals surface area (Å²) in [5.74, 6) is 1.42. The highest BCUT2D eigenvalue weighted by Gasteiger charge is 2.10. The zero-order valence-electron chi connectivity index (χ0n) is 16.0. The minimum atomic E-state index is 0.345. The van der Waals surface area contributed by atoms with E-state index in [9.17, 15) is 0 Å². The van der Waals surface area contributed by atoms with Crippen LogP contribution in [0, 0.1) is 6.92 Å². The van der Waals surface area contributed by atoms with Crippen LogP contribution in [0.1, 0.15) is 25.0 Å². The summed E-state index contributed by atoms with van der Waals surface area (Å²) >= 11 is 0. The molecule has 0 spiro atoms. The van der Waals surface area contributed by atoms with Gasteiger partial charge < -0.3 is 15.0 Å². The van der Waals surface area contributed by atoms with Crippen LogP contribution in [0.25, 0.3) is 0 Å². The van der Waals surface area contributed by atoms with E-state index in [2.05, 4.69) is 63.6 Å². The number of hydrogen-bond acceptors (Lipinski definition) is 7. The van der Waals surface area contributed by atoms with Gasteiger partial charge in [-0.2, -0.15) is 15.1 Å². The van der Waals surface area contributed by atoms with Gasteiger partial charge in [0.1, 0.15) is 12.4 Å². The van der Waals surface area contributed by atoms with Gasteiger partial charge in [-0.1, -0.05) is 29.8 Å². The minimum Gasteiger partial charge on any atom is -0.462 e. The Morgan fingerprint density at radius 1 is 1.19 bits per heavy atom. The van der Waals surface area contributed by atoms with Gasteiger partial charge in [-0.15, -0.1) is 0 Å². The van der Waals surface area contributed by atoms with Crippen LogP contribution in [-0.4, -0.2) is 49.5 Å². The topological polar surface area (TPSA) is 74.7 Å². The summed E-state index contributed by atoms with van der Waals surface area (Å²) in [5, 5.41) is 7.33. The summed E-state index contributed by atoms with van der Waals surface area (Å²) in [6.45, 7) is 9.19. The first-order valence-electron chi connectivity index (χ1n) is 8.93. The van der Waals surface area contributed by atoms with Gasteiger partial charge in [0.05, 0.1) is 6.21 Å². The number of aryl methyl sites for hydroxylation is 1. The summed E-state index contributed by atoms with van der Waals surface area (Å²) in [4.78, 5) is 11.0. The van der Waals surface area contributed by atoms with E-state index in [1.807, 2.05) is 25.2 Å². The van der Waals surface area contributed by atoms with E-state index in [4.69, 9.17) is 4.74 Å². The number of rotatable bonds is 10. The number of aromatic nitrogens is 2. The maximum atomic E-state index is 5.64. The fourth-order valence-corrected chi connectivity index (χ4v) is 2.41. The third kappa shape index (κ3) is 6.00. The average molecular weight is 356 g/mol. The second-order valence-electron chi connectivity index (χ2n) is 5.80. The van der Waals surface area contributed by atoms with Crippen LogP contribution >= 0.6 is 0 Å². The van der Waals surface area contributed by atoms with Gasteiger partial charge in [-0.3, -0.25) is 5.43 Å². The van der Waals surface area contributed by atoms with Crippen molar-refractivity contribution in [1.82, 2.24) is 15.3 Å². The minimum absolute atomic E-state index is 0.345. The second-order valence-corrected chi connectivity index (χ2v) is 5.80. The van der Waals surface area contributed by atoms with Gasteiger partial charge in [-0.25, -0.2) is 0 Å². The van der Waals surface area contributed by atoms with E-state index in [1.165, 1.54) is 5.56 Å². The van der Waals surface area contributed by atoms with Gasteiger partial charge in [0.15, 0.2) is 5.82 Å². The molecule has 0 amide bonds. The van der Waals surface area contributed by atoms with Crippen LogP contribution in [0.15, 0.2) is 35.4 Å². The Kier molecular flexibility index (Phi) is 7.82. The van der Waals surface area contributed by atoms with Crippen LogP contribution in [0.2, 0.25) is 0 Å². The standard InChI is InChI=1S/C19H28N6O/c1-5-25(6-2)18-13-17(22-19(23-18)26-11-10-20-4)24-21-14-16-9-7-8-15(3)12-16/h7-9,12-14,20H,5-6,10-11H2,1-4H3,(H,22,23,24). The molecule has 2 N–H and O–H groups in total. The highest BCUT2D eigenvalue weighted by Crippen LogP contribution is 2.19. The normalized spacial score (nSPS) is 10.9. The molecule has 0 aliphatic rings. The Morgan fingerprint density at radius 3 is 2.69 bits per heavy atom. The number of benzene rings is 1. The van der Waals surface area contributed by atoms with Crippen molar-refractivity contribution in [2.75, 3.05) is 43.6 Å². The molecule has 1 aromatic carbocycles. The summed E-state index contributed by atoms with van der Waals surface area (Å²) in [6, 6.07) is 10.4. The fraction of sp³-hybridized carbons (Fsp3) is 0.421. The number of nitrogens with one attached hydrogen (secondary N) is 2. The maximum Gasteiger partial charge on any atom is 0.320 e. The molecular weight excluding hydrogens is 328 g/mol. The first-order chi connectivity index (χ1) is 12.7. The van der Waals surface area contributed by atoms with Crippen molar-refractivity contribution in [3.8, 4) is 6.01 Å². The lowest BCUT2D eigenvalue weighted by Crippen LogP contribution is -2.24. The molecule has 0 unspecified atom stereocenters. The molecule has 140 valence electrons. The van der Waals surface area contributed by atoms with Crippen LogP contribution < -0.4 is 20.4 Å². The number of hydrazone groups is 1. The van der Waals surface area contributed by atoms with Crippen molar-refractivity contribution in [3.63, 3.8) is 0 Å². The molecule has 0 atom stereocenters. The molecule has 26 heavy (non-hydrogen) atoms. The van der Waals surface area contributed by atoms with E-state index in [0.717, 1.165) is 31.0 Å². The zero-order chi connectivity index (χ0) is 18.8. The third-order valence-corrected chi connectivity index (χ3v) is 3.80. The van der Waals surface area contributed by atoms with Crippen molar-refractivity contribution in [2.24, 2.45) is 5.10 Å². The van der Waals surface area contributed by atoms with E-state index < -0.39 is 0 Å². The van der Waals surface area contributed by atoms with E-state index >= 15 is 0 Å². The Bertz CT molecular complexity index is 715. The van der Waals surface area contributed by atoms with Gasteiger partial charge in [0.25, 0.3) is 0 Å². The van der Waals surface area contributed by atoms with Crippen LogP contribution in [0.5, 0.6) is 6.01 Å². The van der Waals surface area contributed by atoms with Crippen molar-refractivity contribution in [3.05, 3.63) is 41.5 Å². The Hall–Kier alpha value is -2.67. The fourth-order valence-electron chi connectivity index (χ4n) is 2.41. The molecule has 7 heteroatoms. The highest BCUT2D eigenvalue weighted by atomic mass is 16.5. The number of anilines is 2. The molecule has 2 rings (SSSR count). The van der Waals surface area contributed by atoms with Gasteiger partial charge >= 0.3 is 6.01 Å². The Morgan fingerprint density at radius 2 is 2.00 bits per heavy atom. The van der Waals surface area contributed by atoms with Crippen molar-refractivity contribution < 1.29 is 4.74 Å². The molecule has 0 aliphatic heterocycles. The third-order valence-electron chi connectivity index (χ3n) is 3.80. The summed E-state index contributed by atoms with van der Waals surface area (Å²) in [7, 11) is 1.88. The molecule has 0 fully saturated rings. The molecule has 1 heterocycles. The molecular formula is C19H28N6O. The van der Waals surface area contributed by atoms with Crippen LogP contribution in [-0.2, 0) is 0 Å². The predicted molar refractivity (Wildman–Crippen MR) is 107 cm³/mol. The van der Waals surface area contributed by atoms with E-state index in [1.54, 1.807) is 6.21 Å². The molecule has 1 aromatic heterocycles. The van der Waals surface area contributed by atoms with Crippen molar-refractivity contribution in [1.29, 1.82) is 0 Å². The van der Waals surface area contributed by atoms with Gasteiger partial charge in [0.2, 0.25) is 0 Å². The number of likely N-dealkylation sites (N-methyl/N-ethyl adjacent to an activating group) is 1. The zero-order valence-corrected chi connectivity index (χ0v) is 16.0. The first-order valence-corrected chi connectivity index (χ1v) is 8.93. The lowest BCUT2D eigenvalue weighted by Gasteiger charge is -2.20. The number of nitrogens with zero attached hydrogens (tertiary/aromatic N) is 4. The van der Waals surface area contributed by atoms with Crippen LogP contribution in [0.4, 0.5) is 11.6 Å². The molecule has 0 bridgehead atoms. The largest absolute Gasteiger partial charge is 0.462 e. The smallest absolute Gasteiger partial charge is 0.320 e. The molecule has 2 aromatic rings. The monoisotopic (exact) mass is 356 g/mol. The quantitative estimate of drug-likeness (QED) is 0.387. The molecule has 0 radical (unpaired) electrons. The number of ether oxygens (including phenoxy) is 1. The van der Waals surface area contributed by atoms with Gasteiger partial charge in [0, 0.05) is 25.7 Å². The summed E-state index contributed by atoms with van der Waals surface area (Å²) in [5.41, 5.74) is 5.21. The summed E-state index contributed by atoms with van der Waals surface area (Å²) < 4.78 is 5.64. The lowest BCUT2D eigenvalue weighted by molar-refractivity contribution is 0.294. The molecule has 0 saturated carbocycles. The second kappa shape index (κ2) is 10.4. The van der Waals surface area contributed by atoms with Crippen LogP contribution in [0.3, 0.4) is 0 Å². The lowest BCUT2D eigenvalue weighted by atomic mass is 10.2. The van der Waals surface area contributed by atoms with E-state index in [0.29, 0.717) is 18.4 Å². The van der Waals surface area contributed by atoms with Crippen molar-refractivity contribution in [2.45, 2.75) is 20.8 Å². The molecule has 0 aliphatic carbocycles. The number of hydrogen-bond donors (Lipinski definition) is 2. The SMILES string of the molecule is CCN(CC)c1cc(NN=Cc2cccc(C)c2)nc(OCCNC)n1. The van der Waals surface area contributed by atoms with E-state index in [-0.39, 0.29) is 0 Å². The Balaban J connectivity index is 2.16. The average Bonchev–Trinajstić information content (AvgIpc) is 2.63. The van der Waals surface area contributed by atoms with Gasteiger partial charge in [-0.05, 0) is 33.4 Å². The molecule has 0 saturated heterocycles. The predicted octanol–water partition coefficient (Wildman–Crippen LogP) is 2.68. The van der Waals surface area contributed by atoms with Crippen molar-refractivity contribution >= 4 is 17.9 Å². The maximum absolute atomic E-state index is 5.64. The highest BCUT2D eigenvalue weighted by molar-refractivity contribution is 5.80. The first kappa shape index (κ1) is 19.7. The molecule has 7 nitrogen and oxygen atoms in total.